The molecule has 0 unspecified atom stereocenters. The Morgan fingerprint density at radius 3 is 2.02 bits per heavy atom. The number of aromatic nitrogens is 3. The minimum absolute atomic E-state index is 0.0444. The zero-order chi connectivity index (χ0) is 38.0. The normalized spacial score (nSPS) is 14.7. The molecule has 58 heavy (non-hydrogen) atoms. The molecule has 2 aliphatic carbocycles. The number of fused-ring (bicyclic) bond motifs is 17. The van der Waals surface area contributed by atoms with Gasteiger partial charge in [0, 0.05) is 42.6 Å². The van der Waals surface area contributed by atoms with Gasteiger partial charge in [0.2, 0.25) is 5.95 Å². The number of hydrogen-bond donors (Lipinski definition) is 0. The molecule has 274 valence electrons. The average Bonchev–Trinajstić information content (AvgIpc) is 3.94. The van der Waals surface area contributed by atoms with Crippen molar-refractivity contribution < 1.29 is 0 Å². The Balaban J connectivity index is 1.21. The largest absolute Gasteiger partial charge is 0.277 e. The second-order valence-electron chi connectivity index (χ2n) is 16.3. The van der Waals surface area contributed by atoms with Crippen LogP contribution in [-0.4, -0.2) is 14.5 Å². The van der Waals surface area contributed by atoms with Crippen LogP contribution in [-0.2, 0) is 5.41 Å². The van der Waals surface area contributed by atoms with Gasteiger partial charge in [-0.3, -0.25) is 4.57 Å². The van der Waals surface area contributed by atoms with Crippen LogP contribution in [0.4, 0.5) is 0 Å². The van der Waals surface area contributed by atoms with Gasteiger partial charge in [-0.2, -0.15) is 0 Å². The summed E-state index contributed by atoms with van der Waals surface area (Å²) in [5, 5.41) is 8.80. The number of nitrogens with zero attached hydrogens (tertiary/aromatic N) is 3. The molecule has 0 amide bonds. The van der Waals surface area contributed by atoms with Crippen LogP contribution < -0.4 is 0 Å². The molecule has 0 bridgehead atoms. The molecule has 0 aliphatic heterocycles. The lowest BCUT2D eigenvalue weighted by Crippen LogP contribution is -2.28. The van der Waals surface area contributed by atoms with Crippen molar-refractivity contribution in [3.05, 3.63) is 175 Å². The second kappa shape index (κ2) is 12.2. The van der Waals surface area contributed by atoms with Crippen LogP contribution in [0.3, 0.4) is 0 Å². The number of rotatable bonds is 3. The predicted octanol–water partition coefficient (Wildman–Crippen LogP) is 14.8. The van der Waals surface area contributed by atoms with Gasteiger partial charge in [-0.05, 0) is 63.1 Å². The fraction of sp³-hybridized carbons (Fsp3) is 0.111. The quantitative estimate of drug-likeness (QED) is 0.180. The van der Waals surface area contributed by atoms with E-state index in [-0.39, 0.29) is 5.41 Å². The zero-order valence-corrected chi connectivity index (χ0v) is 32.7. The lowest BCUT2D eigenvalue weighted by atomic mass is 9.66. The molecule has 0 radical (unpaired) electrons. The lowest BCUT2D eigenvalue weighted by Gasteiger charge is -2.36. The van der Waals surface area contributed by atoms with E-state index in [1.807, 2.05) is 0 Å². The summed E-state index contributed by atoms with van der Waals surface area (Å²) in [6, 6.07) is 60.3. The molecule has 0 atom stereocenters. The van der Waals surface area contributed by atoms with Crippen LogP contribution in [0.1, 0.15) is 43.2 Å². The third-order valence-corrected chi connectivity index (χ3v) is 14.5. The molecule has 3 nitrogen and oxygen atoms in total. The van der Waals surface area contributed by atoms with Gasteiger partial charge in [-0.15, -0.1) is 11.3 Å². The molecule has 2 aliphatic rings. The molecular weight excluding hydrogens is 723 g/mol. The van der Waals surface area contributed by atoms with Crippen molar-refractivity contribution in [3.8, 4) is 39.5 Å². The third kappa shape index (κ3) is 4.38. The first kappa shape index (κ1) is 32.5. The first-order valence-corrected chi connectivity index (χ1v) is 21.4. The van der Waals surface area contributed by atoms with E-state index >= 15 is 0 Å². The van der Waals surface area contributed by atoms with Crippen LogP contribution in [0.25, 0.3) is 103 Å². The summed E-state index contributed by atoms with van der Waals surface area (Å²) in [5.41, 5.74) is 13.7. The molecule has 3 heterocycles. The predicted molar refractivity (Wildman–Crippen MR) is 244 cm³/mol. The Kier molecular flexibility index (Phi) is 6.82. The van der Waals surface area contributed by atoms with E-state index < -0.39 is 0 Å². The fourth-order valence-corrected chi connectivity index (χ4v) is 12.1. The van der Waals surface area contributed by atoms with Gasteiger partial charge in [0.05, 0.1) is 26.9 Å². The SMILES string of the molecule is c1ccc(-c2ccc(-c3nc(-n4c5c6ccccc6ccc5c5c6c(c7ccccc7c54)-c4ccccc4C64CCCCC4)nc4c3sc3ccccc34)cc2)cc1. The van der Waals surface area contributed by atoms with Crippen LogP contribution in [0, 0.1) is 0 Å². The van der Waals surface area contributed by atoms with Gasteiger partial charge < -0.3 is 0 Å². The van der Waals surface area contributed by atoms with Crippen molar-refractivity contribution in [2.45, 2.75) is 37.5 Å². The maximum Gasteiger partial charge on any atom is 0.235 e. The minimum atomic E-state index is -0.0444. The molecule has 11 aromatic rings. The maximum absolute atomic E-state index is 5.72. The van der Waals surface area contributed by atoms with Crippen molar-refractivity contribution in [2.24, 2.45) is 0 Å². The number of thiophene rings is 1. The Bertz CT molecular complexity index is 3480. The number of benzene rings is 8. The summed E-state index contributed by atoms with van der Waals surface area (Å²) in [6.07, 6.45) is 6.09. The Morgan fingerprint density at radius 1 is 0.500 bits per heavy atom. The van der Waals surface area contributed by atoms with E-state index in [0.717, 1.165) is 34.3 Å². The Hall–Kier alpha value is -6.62. The highest BCUT2D eigenvalue weighted by atomic mass is 32.1. The van der Waals surface area contributed by atoms with Gasteiger partial charge in [-0.1, -0.05) is 177 Å². The summed E-state index contributed by atoms with van der Waals surface area (Å²) < 4.78 is 4.80. The van der Waals surface area contributed by atoms with Crippen molar-refractivity contribution in [1.29, 1.82) is 0 Å². The topological polar surface area (TPSA) is 30.7 Å². The first-order valence-electron chi connectivity index (χ1n) is 20.6. The average molecular weight is 760 g/mol. The number of hydrogen-bond acceptors (Lipinski definition) is 3. The van der Waals surface area contributed by atoms with Gasteiger partial charge >= 0.3 is 0 Å². The van der Waals surface area contributed by atoms with Crippen LogP contribution in [0.15, 0.2) is 164 Å². The monoisotopic (exact) mass is 759 g/mol. The maximum atomic E-state index is 5.72. The van der Waals surface area contributed by atoms with Gasteiger partial charge in [0.25, 0.3) is 0 Å². The summed E-state index contributed by atoms with van der Waals surface area (Å²) in [4.78, 5) is 11.4. The summed E-state index contributed by atoms with van der Waals surface area (Å²) in [7, 11) is 0. The van der Waals surface area contributed by atoms with Gasteiger partial charge in [0.1, 0.15) is 0 Å². The van der Waals surface area contributed by atoms with Crippen LogP contribution in [0.2, 0.25) is 0 Å². The summed E-state index contributed by atoms with van der Waals surface area (Å²) in [5.74, 6) is 0.716. The third-order valence-electron chi connectivity index (χ3n) is 13.4. The summed E-state index contributed by atoms with van der Waals surface area (Å²) >= 11 is 1.79. The van der Waals surface area contributed by atoms with Gasteiger partial charge in [0.15, 0.2) is 0 Å². The molecule has 1 spiro atoms. The lowest BCUT2D eigenvalue weighted by molar-refractivity contribution is 0.355. The smallest absolute Gasteiger partial charge is 0.235 e. The van der Waals surface area contributed by atoms with Crippen molar-refractivity contribution in [1.82, 2.24) is 14.5 Å². The molecule has 8 aromatic carbocycles. The Morgan fingerprint density at radius 2 is 1.17 bits per heavy atom. The molecule has 3 aromatic heterocycles. The molecule has 1 saturated carbocycles. The van der Waals surface area contributed by atoms with E-state index in [1.54, 1.807) is 11.3 Å². The second-order valence-corrected chi connectivity index (χ2v) is 17.4. The van der Waals surface area contributed by atoms with E-state index in [0.29, 0.717) is 5.95 Å². The highest BCUT2D eigenvalue weighted by molar-refractivity contribution is 7.26. The van der Waals surface area contributed by atoms with Crippen molar-refractivity contribution in [3.63, 3.8) is 0 Å². The first-order chi connectivity index (χ1) is 28.8. The highest BCUT2D eigenvalue weighted by Crippen LogP contribution is 2.61. The molecule has 13 rings (SSSR count). The van der Waals surface area contributed by atoms with Crippen LogP contribution in [0.5, 0.6) is 0 Å². The highest BCUT2D eigenvalue weighted by Gasteiger charge is 2.46. The fourth-order valence-electron chi connectivity index (χ4n) is 10.9. The van der Waals surface area contributed by atoms with E-state index in [1.165, 1.54) is 106 Å². The standard InChI is InChI=1S/C54H37N3S/c1-3-15-33(16-4-1)34-25-27-36(28-26-34)48-52-49(41-22-10-12-24-44(41)58-52)56-53(55-48)57-50-37-18-6-5-17-35(37)29-30-42(50)46-47-45(38-19-7-8-20-39(38)51(46)57)40-21-9-11-23-43(40)54(47)31-13-2-14-32-54/h1,3-12,15-30H,2,13-14,31-32H2. The molecule has 0 saturated heterocycles. The molecule has 0 N–H and O–H groups in total. The van der Waals surface area contributed by atoms with E-state index in [9.17, 15) is 0 Å². The zero-order valence-electron chi connectivity index (χ0n) is 31.9. The van der Waals surface area contributed by atoms with Crippen molar-refractivity contribution in [2.75, 3.05) is 0 Å². The Labute approximate surface area is 339 Å². The van der Waals surface area contributed by atoms with Gasteiger partial charge in [-0.25, -0.2) is 9.97 Å². The molecular formula is C54H37N3S. The van der Waals surface area contributed by atoms with E-state index in [2.05, 4.69) is 168 Å². The molecule has 1 fully saturated rings. The summed E-state index contributed by atoms with van der Waals surface area (Å²) in [6.45, 7) is 0. The van der Waals surface area contributed by atoms with Crippen LogP contribution >= 0.6 is 11.3 Å². The molecule has 4 heteroatoms. The van der Waals surface area contributed by atoms with Crippen molar-refractivity contribution >= 4 is 75.0 Å². The van der Waals surface area contributed by atoms with E-state index in [4.69, 9.17) is 9.97 Å². The minimum Gasteiger partial charge on any atom is -0.277 e.